The van der Waals surface area contributed by atoms with Gasteiger partial charge in [0.25, 0.3) is 0 Å². The summed E-state index contributed by atoms with van der Waals surface area (Å²) in [6.45, 7) is 0. The number of isocyanates is 3. The third-order valence-electron chi connectivity index (χ3n) is 4.47. The van der Waals surface area contributed by atoms with Crippen molar-refractivity contribution in [2.45, 2.75) is 77.0 Å². The molecule has 0 aromatic carbocycles. The second-order valence-corrected chi connectivity index (χ2v) is 5.81. The third kappa shape index (κ3) is 16.3. The van der Waals surface area contributed by atoms with Gasteiger partial charge in [-0.3, -0.25) is 0 Å². The summed E-state index contributed by atoms with van der Waals surface area (Å²) in [5.74, 6) is 2.24. The van der Waals surface area contributed by atoms with Crippen molar-refractivity contribution >= 4 is 18.2 Å². The smallest absolute Gasteiger partial charge is 0.222 e. The maximum absolute atomic E-state index is 8.35. The Morgan fingerprint density at radius 3 is 0.826 bits per heavy atom. The summed E-state index contributed by atoms with van der Waals surface area (Å²) in [6, 6.07) is 0. The van der Waals surface area contributed by atoms with Crippen molar-refractivity contribution in [3.63, 3.8) is 0 Å². The molecule has 0 bridgehead atoms. The second-order valence-electron chi connectivity index (χ2n) is 5.81. The Labute approximate surface area is 138 Å². The molecule has 0 radical (unpaired) electrons. The van der Waals surface area contributed by atoms with Crippen LogP contribution in [-0.2, 0) is 14.4 Å². The molecule has 0 unspecified atom stereocenters. The lowest BCUT2D eigenvalue weighted by Crippen LogP contribution is -2.13. The Kier molecular flexibility index (Phi) is 20.5. The van der Waals surface area contributed by atoms with Crippen molar-refractivity contribution in [3.8, 4) is 0 Å². The van der Waals surface area contributed by atoms with E-state index in [9.17, 15) is 0 Å². The number of rotatable bonds is 1. The first-order valence-electron chi connectivity index (χ1n) is 8.33. The molecule has 2 aliphatic rings. The van der Waals surface area contributed by atoms with Gasteiger partial charge in [-0.2, -0.15) is 0 Å². The molecular formula is C17H29N3O3. The monoisotopic (exact) mass is 323 g/mol. The van der Waals surface area contributed by atoms with Gasteiger partial charge in [-0.15, -0.1) is 0 Å². The average Bonchev–Trinajstić information content (AvgIpc) is 2.95. The highest BCUT2D eigenvalue weighted by molar-refractivity contribution is 5.26. The van der Waals surface area contributed by atoms with Crippen molar-refractivity contribution in [2.24, 2.45) is 11.8 Å². The molecule has 0 amide bonds. The molecule has 2 aliphatic carbocycles. The molecule has 130 valence electrons. The van der Waals surface area contributed by atoms with Crippen LogP contribution in [0.5, 0.6) is 0 Å². The highest BCUT2D eigenvalue weighted by Gasteiger charge is 2.23. The van der Waals surface area contributed by atoms with Crippen LogP contribution >= 0.6 is 0 Å². The Balaban J connectivity index is 0. The first-order chi connectivity index (χ1) is 11.2. The van der Waals surface area contributed by atoms with E-state index >= 15 is 0 Å². The molecule has 2 saturated carbocycles. The summed E-state index contributed by atoms with van der Waals surface area (Å²) in [7, 11) is 0. The predicted molar refractivity (Wildman–Crippen MR) is 87.6 cm³/mol. The number of hydrogen-bond donors (Lipinski definition) is 3. The molecule has 0 aromatic heterocycles. The first kappa shape index (κ1) is 23.4. The molecule has 6 nitrogen and oxygen atoms in total. The van der Waals surface area contributed by atoms with Gasteiger partial charge in [0.15, 0.2) is 0 Å². The molecule has 2 fully saturated rings. The van der Waals surface area contributed by atoms with Gasteiger partial charge in [-0.25, -0.2) is 30.6 Å². The normalized spacial score (nSPS) is 18.3. The number of carbonyl (C=O) groups excluding carboxylic acids is 3. The lowest BCUT2D eigenvalue weighted by Gasteiger charge is -2.24. The van der Waals surface area contributed by atoms with Gasteiger partial charge in [-0.1, -0.05) is 77.0 Å². The highest BCUT2D eigenvalue weighted by atomic mass is 16.1. The van der Waals surface area contributed by atoms with Gasteiger partial charge >= 0.3 is 0 Å². The fourth-order valence-corrected chi connectivity index (χ4v) is 3.56. The van der Waals surface area contributed by atoms with Crippen LogP contribution in [0.4, 0.5) is 0 Å². The highest BCUT2D eigenvalue weighted by Crippen LogP contribution is 2.36. The minimum absolute atomic E-state index is 0.750. The van der Waals surface area contributed by atoms with E-state index in [2.05, 4.69) is 0 Å². The average molecular weight is 323 g/mol. The summed E-state index contributed by atoms with van der Waals surface area (Å²) in [4.78, 5) is 25.0. The lowest BCUT2D eigenvalue weighted by molar-refractivity contribution is 0.269. The van der Waals surface area contributed by atoms with Gasteiger partial charge in [0.05, 0.1) is 0 Å². The SMILES string of the molecule is C1CCCC(C2CCCCCC2)CC1.N=C=O.N=C=O.N=C=O. The Morgan fingerprint density at radius 2 is 0.652 bits per heavy atom. The minimum atomic E-state index is 0.750. The van der Waals surface area contributed by atoms with E-state index in [-0.39, 0.29) is 0 Å². The minimum Gasteiger partial charge on any atom is -0.222 e. The molecule has 0 aliphatic heterocycles. The van der Waals surface area contributed by atoms with Crippen LogP contribution in [0.2, 0.25) is 0 Å². The van der Waals surface area contributed by atoms with Crippen LogP contribution < -0.4 is 0 Å². The van der Waals surface area contributed by atoms with Crippen molar-refractivity contribution in [2.75, 3.05) is 0 Å². The molecule has 0 aromatic rings. The Bertz CT molecular complexity index is 305. The Hall–Kier alpha value is -1.86. The largest absolute Gasteiger partial charge is 0.231 e. The molecule has 0 atom stereocenters. The van der Waals surface area contributed by atoms with E-state index in [4.69, 9.17) is 30.6 Å². The van der Waals surface area contributed by atoms with Gasteiger partial charge in [0, 0.05) is 0 Å². The molecule has 2 rings (SSSR count). The van der Waals surface area contributed by atoms with Crippen LogP contribution in [0.1, 0.15) is 77.0 Å². The van der Waals surface area contributed by atoms with E-state index in [0.717, 1.165) is 30.1 Å². The fraction of sp³-hybridized carbons (Fsp3) is 0.824. The molecule has 3 N–H and O–H groups in total. The van der Waals surface area contributed by atoms with E-state index in [1.807, 2.05) is 0 Å². The van der Waals surface area contributed by atoms with Crippen LogP contribution in [0.15, 0.2) is 0 Å². The molecule has 0 saturated heterocycles. The zero-order chi connectivity index (χ0) is 17.8. The topological polar surface area (TPSA) is 123 Å². The first-order valence-corrected chi connectivity index (χ1v) is 8.33. The molecule has 0 heterocycles. The standard InChI is InChI=1S/C14H26.3CHNO/c1-2-6-10-13(9-5-1)14-11-7-3-4-8-12-14;3*2-1-3/h13-14H,1-12H2;3*2H. The van der Waals surface area contributed by atoms with Gasteiger partial charge in [0.1, 0.15) is 0 Å². The molecule has 6 heteroatoms. The second kappa shape index (κ2) is 20.1. The summed E-state index contributed by atoms with van der Waals surface area (Å²) < 4.78 is 0. The quantitative estimate of drug-likeness (QED) is 0.370. The third-order valence-corrected chi connectivity index (χ3v) is 4.47. The summed E-state index contributed by atoms with van der Waals surface area (Å²) >= 11 is 0. The maximum atomic E-state index is 8.35. The van der Waals surface area contributed by atoms with Crippen molar-refractivity contribution in [3.05, 3.63) is 0 Å². The van der Waals surface area contributed by atoms with Crippen LogP contribution in [0.25, 0.3) is 0 Å². The van der Waals surface area contributed by atoms with E-state index in [0.29, 0.717) is 0 Å². The van der Waals surface area contributed by atoms with E-state index in [1.54, 1.807) is 25.7 Å². The van der Waals surface area contributed by atoms with Crippen LogP contribution in [-0.4, -0.2) is 18.2 Å². The van der Waals surface area contributed by atoms with Crippen molar-refractivity contribution in [1.29, 1.82) is 16.2 Å². The van der Waals surface area contributed by atoms with Gasteiger partial charge < -0.3 is 0 Å². The molecule has 0 spiro atoms. The maximum Gasteiger partial charge on any atom is 0.231 e. The summed E-state index contributed by atoms with van der Waals surface area (Å²) in [5, 5.41) is 16.2. The van der Waals surface area contributed by atoms with Crippen LogP contribution in [0, 0.1) is 28.1 Å². The molecule has 23 heavy (non-hydrogen) atoms. The zero-order valence-electron chi connectivity index (χ0n) is 13.9. The van der Waals surface area contributed by atoms with Gasteiger partial charge in [0.2, 0.25) is 18.2 Å². The number of hydrogen-bond acceptors (Lipinski definition) is 6. The van der Waals surface area contributed by atoms with E-state index in [1.165, 1.54) is 51.4 Å². The van der Waals surface area contributed by atoms with Crippen molar-refractivity contribution < 1.29 is 14.4 Å². The fourth-order valence-electron chi connectivity index (χ4n) is 3.56. The van der Waals surface area contributed by atoms with Crippen LogP contribution in [0.3, 0.4) is 0 Å². The summed E-state index contributed by atoms with van der Waals surface area (Å²) in [6.07, 6.45) is 20.7. The van der Waals surface area contributed by atoms with Crippen molar-refractivity contribution in [1.82, 2.24) is 0 Å². The Morgan fingerprint density at radius 1 is 0.478 bits per heavy atom. The predicted octanol–water partition coefficient (Wildman–Crippen LogP) is 4.63. The van der Waals surface area contributed by atoms with E-state index < -0.39 is 0 Å². The summed E-state index contributed by atoms with van der Waals surface area (Å²) in [5.41, 5.74) is 0. The number of nitrogens with one attached hydrogen (secondary N) is 3. The molecular weight excluding hydrogens is 294 g/mol. The lowest BCUT2D eigenvalue weighted by atomic mass is 9.81. The van der Waals surface area contributed by atoms with Gasteiger partial charge in [-0.05, 0) is 11.8 Å². The zero-order valence-corrected chi connectivity index (χ0v) is 13.9.